The highest BCUT2D eigenvalue weighted by Crippen LogP contribution is 2.23. The number of carbonyl (C=O) groups excluding carboxylic acids is 1. The molecular formula is C14H17F3N2O. The van der Waals surface area contributed by atoms with Crippen molar-refractivity contribution < 1.29 is 18.0 Å². The molecule has 6 heteroatoms. The van der Waals surface area contributed by atoms with Gasteiger partial charge in [0.05, 0.1) is 6.04 Å². The minimum Gasteiger partial charge on any atom is -0.320 e. The summed E-state index contributed by atoms with van der Waals surface area (Å²) in [5, 5.41) is 5.22. The Morgan fingerprint density at radius 1 is 1.35 bits per heavy atom. The van der Waals surface area contributed by atoms with Crippen LogP contribution >= 0.6 is 0 Å². The predicted octanol–water partition coefficient (Wildman–Crippen LogP) is 2.82. The van der Waals surface area contributed by atoms with Crippen LogP contribution in [-0.4, -0.2) is 18.5 Å². The molecule has 0 bridgehead atoms. The van der Waals surface area contributed by atoms with E-state index in [0.717, 1.165) is 12.8 Å². The second kappa shape index (κ2) is 6.26. The third-order valence-corrected chi connectivity index (χ3v) is 3.66. The Kier molecular flexibility index (Phi) is 4.65. The first-order valence-corrected chi connectivity index (χ1v) is 6.70. The lowest BCUT2D eigenvalue weighted by molar-refractivity contribution is -0.119. The fourth-order valence-corrected chi connectivity index (χ4v) is 2.44. The lowest BCUT2D eigenvalue weighted by Gasteiger charge is -2.28. The molecular weight excluding hydrogens is 269 g/mol. The highest BCUT2D eigenvalue weighted by molar-refractivity contribution is 5.95. The van der Waals surface area contributed by atoms with Crippen LogP contribution in [0, 0.1) is 23.4 Å². The average molecular weight is 286 g/mol. The molecule has 0 saturated carbocycles. The minimum absolute atomic E-state index is 0.426. The van der Waals surface area contributed by atoms with Crippen LogP contribution in [0.15, 0.2) is 12.1 Å². The van der Waals surface area contributed by atoms with Gasteiger partial charge in [-0.2, -0.15) is 0 Å². The number of rotatable bonds is 3. The molecule has 110 valence electrons. The van der Waals surface area contributed by atoms with Gasteiger partial charge in [-0.15, -0.1) is 0 Å². The first kappa shape index (κ1) is 14.8. The largest absolute Gasteiger partial charge is 0.320 e. The van der Waals surface area contributed by atoms with Crippen LogP contribution in [-0.2, 0) is 4.79 Å². The summed E-state index contributed by atoms with van der Waals surface area (Å²) in [6, 6.07) is 0.612. The van der Waals surface area contributed by atoms with Crippen LogP contribution in [0.2, 0.25) is 0 Å². The molecule has 2 atom stereocenters. The highest BCUT2D eigenvalue weighted by atomic mass is 19.1. The maximum atomic E-state index is 13.5. The molecule has 2 N–H and O–H groups in total. The van der Waals surface area contributed by atoms with Crippen LogP contribution in [0.25, 0.3) is 0 Å². The Morgan fingerprint density at radius 2 is 2.00 bits per heavy atom. The summed E-state index contributed by atoms with van der Waals surface area (Å²) in [7, 11) is 0. The quantitative estimate of drug-likeness (QED) is 0.897. The van der Waals surface area contributed by atoms with Gasteiger partial charge >= 0.3 is 0 Å². The van der Waals surface area contributed by atoms with Crippen molar-refractivity contribution in [3.63, 3.8) is 0 Å². The number of benzene rings is 1. The molecule has 1 saturated heterocycles. The van der Waals surface area contributed by atoms with E-state index in [4.69, 9.17) is 0 Å². The Morgan fingerprint density at radius 3 is 2.60 bits per heavy atom. The summed E-state index contributed by atoms with van der Waals surface area (Å²) in [6.07, 6.45) is 2.58. The summed E-state index contributed by atoms with van der Waals surface area (Å²) in [6.45, 7) is 2.75. The number of anilines is 1. The van der Waals surface area contributed by atoms with Crippen molar-refractivity contribution in [2.75, 3.05) is 11.9 Å². The summed E-state index contributed by atoms with van der Waals surface area (Å²) in [4.78, 5) is 12.0. The number of hydrogen-bond acceptors (Lipinski definition) is 2. The summed E-state index contributed by atoms with van der Waals surface area (Å²) in [5.74, 6) is -3.31. The van der Waals surface area contributed by atoms with Crippen molar-refractivity contribution in [3.05, 3.63) is 29.6 Å². The molecule has 1 aromatic carbocycles. The van der Waals surface area contributed by atoms with E-state index in [1.165, 1.54) is 0 Å². The van der Waals surface area contributed by atoms with Crippen molar-refractivity contribution >= 4 is 11.6 Å². The Bertz CT molecular complexity index is 484. The van der Waals surface area contributed by atoms with Gasteiger partial charge in [-0.3, -0.25) is 4.79 Å². The minimum atomic E-state index is -1.11. The van der Waals surface area contributed by atoms with Crippen LogP contribution in [0.4, 0.5) is 18.9 Å². The first-order valence-electron chi connectivity index (χ1n) is 6.70. The molecule has 3 nitrogen and oxygen atoms in total. The number of hydrogen-bond donors (Lipinski definition) is 2. The zero-order valence-corrected chi connectivity index (χ0v) is 11.2. The molecule has 1 amide bonds. The van der Waals surface area contributed by atoms with Gasteiger partial charge in [0.25, 0.3) is 0 Å². The standard InChI is InChI=1S/C14H17F3N2O/c1-2-8-3-4-18-12(5-8)14(20)19-13-10(16)6-9(15)7-11(13)17/h6-8,12,18H,2-5H2,1H3,(H,19,20). The van der Waals surface area contributed by atoms with E-state index in [0.29, 0.717) is 31.0 Å². The number of amides is 1. The predicted molar refractivity (Wildman–Crippen MR) is 69.8 cm³/mol. The molecule has 2 rings (SSSR count). The summed E-state index contributed by atoms with van der Waals surface area (Å²) < 4.78 is 39.7. The third kappa shape index (κ3) is 3.30. The van der Waals surface area contributed by atoms with Gasteiger partial charge in [-0.05, 0) is 25.3 Å². The van der Waals surface area contributed by atoms with E-state index in [9.17, 15) is 18.0 Å². The maximum absolute atomic E-state index is 13.5. The molecule has 1 aromatic rings. The molecule has 1 heterocycles. The lowest BCUT2D eigenvalue weighted by Crippen LogP contribution is -2.46. The Hall–Kier alpha value is -1.56. The molecule has 1 aliphatic heterocycles. The smallest absolute Gasteiger partial charge is 0.241 e. The summed E-state index contributed by atoms with van der Waals surface area (Å²) in [5.41, 5.74) is -0.600. The molecule has 2 unspecified atom stereocenters. The molecule has 20 heavy (non-hydrogen) atoms. The second-order valence-electron chi connectivity index (χ2n) is 5.04. The zero-order valence-electron chi connectivity index (χ0n) is 11.2. The fraction of sp³-hybridized carbons (Fsp3) is 0.500. The van der Waals surface area contributed by atoms with Crippen molar-refractivity contribution in [1.82, 2.24) is 5.32 Å². The average Bonchev–Trinajstić information content (AvgIpc) is 2.42. The molecule has 0 aromatic heterocycles. The maximum Gasteiger partial charge on any atom is 0.241 e. The number of halogens is 3. The zero-order chi connectivity index (χ0) is 14.7. The Balaban J connectivity index is 2.08. The van der Waals surface area contributed by atoms with Gasteiger partial charge in [0, 0.05) is 12.1 Å². The number of carbonyl (C=O) groups is 1. The Labute approximate surface area is 115 Å². The molecule has 0 aliphatic carbocycles. The SMILES string of the molecule is CCC1CCNC(C(=O)Nc2c(F)cc(F)cc2F)C1. The van der Waals surface area contributed by atoms with E-state index in [2.05, 4.69) is 10.6 Å². The molecule has 0 radical (unpaired) electrons. The number of nitrogens with one attached hydrogen (secondary N) is 2. The van der Waals surface area contributed by atoms with Gasteiger partial charge in [-0.1, -0.05) is 13.3 Å². The monoisotopic (exact) mass is 286 g/mol. The first-order chi connectivity index (χ1) is 9.51. The third-order valence-electron chi connectivity index (χ3n) is 3.66. The van der Waals surface area contributed by atoms with Gasteiger partial charge in [0.15, 0.2) is 11.6 Å². The number of piperidine rings is 1. The summed E-state index contributed by atoms with van der Waals surface area (Å²) >= 11 is 0. The van der Waals surface area contributed by atoms with Crippen molar-refractivity contribution in [2.45, 2.75) is 32.2 Å². The van der Waals surface area contributed by atoms with E-state index >= 15 is 0 Å². The topological polar surface area (TPSA) is 41.1 Å². The van der Waals surface area contributed by atoms with Crippen LogP contribution in [0.1, 0.15) is 26.2 Å². The van der Waals surface area contributed by atoms with E-state index in [-0.39, 0.29) is 0 Å². The molecule has 1 fully saturated rings. The highest BCUT2D eigenvalue weighted by Gasteiger charge is 2.27. The van der Waals surface area contributed by atoms with Crippen LogP contribution in [0.3, 0.4) is 0 Å². The van der Waals surface area contributed by atoms with Gasteiger partial charge in [-0.25, -0.2) is 13.2 Å². The normalized spacial score (nSPS) is 22.6. The van der Waals surface area contributed by atoms with Crippen LogP contribution < -0.4 is 10.6 Å². The van der Waals surface area contributed by atoms with Gasteiger partial charge in [0.2, 0.25) is 5.91 Å². The van der Waals surface area contributed by atoms with Gasteiger partial charge < -0.3 is 10.6 Å². The van der Waals surface area contributed by atoms with E-state index < -0.39 is 35.1 Å². The van der Waals surface area contributed by atoms with E-state index in [1.54, 1.807) is 0 Å². The van der Waals surface area contributed by atoms with Crippen molar-refractivity contribution in [1.29, 1.82) is 0 Å². The van der Waals surface area contributed by atoms with Crippen molar-refractivity contribution in [2.24, 2.45) is 5.92 Å². The van der Waals surface area contributed by atoms with E-state index in [1.807, 2.05) is 6.92 Å². The second-order valence-corrected chi connectivity index (χ2v) is 5.04. The van der Waals surface area contributed by atoms with Gasteiger partial charge in [0.1, 0.15) is 11.5 Å². The fourth-order valence-electron chi connectivity index (χ4n) is 2.44. The van der Waals surface area contributed by atoms with Crippen LogP contribution in [0.5, 0.6) is 0 Å². The van der Waals surface area contributed by atoms with Crippen molar-refractivity contribution in [3.8, 4) is 0 Å². The molecule has 1 aliphatic rings. The molecule has 0 spiro atoms. The lowest BCUT2D eigenvalue weighted by atomic mass is 9.90.